The molecule has 0 fully saturated rings. The fourth-order valence-corrected chi connectivity index (χ4v) is 1.63. The van der Waals surface area contributed by atoms with Crippen LogP contribution in [0.2, 0.25) is 0 Å². The number of hydrogen-bond acceptors (Lipinski definition) is 6. The van der Waals surface area contributed by atoms with Crippen molar-refractivity contribution in [3.8, 4) is 0 Å². The van der Waals surface area contributed by atoms with Gasteiger partial charge in [0.05, 0.1) is 17.7 Å². The first kappa shape index (κ1) is 13.5. The normalized spacial score (nSPS) is 14.4. The number of carbonyl (C=O) groups excluding carboxylic acids is 2. The van der Waals surface area contributed by atoms with Crippen molar-refractivity contribution in [2.45, 2.75) is 0 Å². The van der Waals surface area contributed by atoms with Crippen LogP contribution in [0.1, 0.15) is 0 Å². The molecule has 102 valence electrons. The molecule has 1 aromatic rings. The van der Waals surface area contributed by atoms with E-state index in [0.717, 1.165) is 12.2 Å². The second-order valence-electron chi connectivity index (χ2n) is 3.93. The summed E-state index contributed by atoms with van der Waals surface area (Å²) in [6, 6.07) is 5.64. The minimum atomic E-state index is -0.657. The molecule has 20 heavy (non-hydrogen) atoms. The van der Waals surface area contributed by atoms with E-state index in [0.29, 0.717) is 11.4 Å². The number of carbonyl (C=O) groups is 2. The molecule has 1 aliphatic rings. The highest BCUT2D eigenvalue weighted by atomic mass is 16.6. The molecular weight excluding hydrogens is 264 g/mol. The van der Waals surface area contributed by atoms with Crippen LogP contribution in [0, 0.1) is 10.1 Å². The van der Waals surface area contributed by atoms with E-state index < -0.39 is 16.5 Å². The molecule has 0 unspecified atom stereocenters. The van der Waals surface area contributed by atoms with Crippen molar-refractivity contribution >= 4 is 22.9 Å². The average Bonchev–Trinajstić information content (AvgIpc) is 2.43. The molecular formula is C13H10N2O5. The quantitative estimate of drug-likeness (QED) is 0.387. The van der Waals surface area contributed by atoms with Gasteiger partial charge in [-0.05, 0) is 12.1 Å². The van der Waals surface area contributed by atoms with E-state index in [1.807, 2.05) is 0 Å². The highest BCUT2D eigenvalue weighted by Crippen LogP contribution is 2.21. The third kappa shape index (κ3) is 2.72. The molecule has 0 saturated heterocycles. The SMILES string of the molecule is COC1=CC(=O)C(=O)C=C1Nc1ccc([N+](=O)[O-])cc1. The second-order valence-corrected chi connectivity index (χ2v) is 3.93. The third-order valence-corrected chi connectivity index (χ3v) is 2.62. The minimum absolute atomic E-state index is 0.0399. The lowest BCUT2D eigenvalue weighted by molar-refractivity contribution is -0.384. The lowest BCUT2D eigenvalue weighted by Gasteiger charge is -2.15. The van der Waals surface area contributed by atoms with Crippen molar-refractivity contribution in [1.29, 1.82) is 0 Å². The number of nitro benzene ring substituents is 1. The number of nitro groups is 1. The molecule has 1 aromatic carbocycles. The molecule has 0 heterocycles. The van der Waals surface area contributed by atoms with Crippen molar-refractivity contribution in [3.05, 3.63) is 58.0 Å². The number of hydrogen-bond donors (Lipinski definition) is 1. The van der Waals surface area contributed by atoms with E-state index in [4.69, 9.17) is 4.74 Å². The van der Waals surface area contributed by atoms with Gasteiger partial charge >= 0.3 is 0 Å². The van der Waals surface area contributed by atoms with Gasteiger partial charge in [0, 0.05) is 30.0 Å². The molecule has 0 atom stereocenters. The number of rotatable bonds is 4. The number of allylic oxidation sites excluding steroid dienone is 2. The summed E-state index contributed by atoms with van der Waals surface area (Å²) in [4.78, 5) is 32.6. The minimum Gasteiger partial charge on any atom is -0.494 e. The molecule has 2 rings (SSSR count). The van der Waals surface area contributed by atoms with Crippen LogP contribution in [0.25, 0.3) is 0 Å². The maximum atomic E-state index is 11.3. The van der Waals surface area contributed by atoms with Crippen molar-refractivity contribution in [1.82, 2.24) is 0 Å². The highest BCUT2D eigenvalue weighted by Gasteiger charge is 2.21. The monoisotopic (exact) mass is 274 g/mol. The first-order valence-electron chi connectivity index (χ1n) is 5.59. The Bertz CT molecular complexity index is 643. The van der Waals surface area contributed by atoms with Crippen molar-refractivity contribution in [2.75, 3.05) is 12.4 Å². The molecule has 7 heteroatoms. The molecule has 1 N–H and O–H groups in total. The van der Waals surface area contributed by atoms with Gasteiger partial charge in [-0.15, -0.1) is 0 Å². The Morgan fingerprint density at radius 1 is 1.10 bits per heavy atom. The summed E-state index contributed by atoms with van der Waals surface area (Å²) in [7, 11) is 1.38. The summed E-state index contributed by atoms with van der Waals surface area (Å²) >= 11 is 0. The molecule has 7 nitrogen and oxygen atoms in total. The Labute approximate surface area is 113 Å². The van der Waals surface area contributed by atoms with Crippen LogP contribution in [-0.2, 0) is 14.3 Å². The van der Waals surface area contributed by atoms with Crippen molar-refractivity contribution in [2.24, 2.45) is 0 Å². The third-order valence-electron chi connectivity index (χ3n) is 2.62. The number of anilines is 1. The van der Waals surface area contributed by atoms with Gasteiger partial charge in [0.25, 0.3) is 5.69 Å². The molecule has 1 aliphatic carbocycles. The maximum Gasteiger partial charge on any atom is 0.269 e. The van der Waals surface area contributed by atoms with Crippen molar-refractivity contribution < 1.29 is 19.2 Å². The van der Waals surface area contributed by atoms with E-state index in [2.05, 4.69) is 5.32 Å². The standard InChI is InChI=1S/C13H10N2O5/c1-20-13-7-12(17)11(16)6-10(13)14-8-2-4-9(5-3-8)15(18)19/h2-7,14H,1H3. The topological polar surface area (TPSA) is 98.5 Å². The number of benzene rings is 1. The van der Waals surface area contributed by atoms with Gasteiger partial charge in [-0.3, -0.25) is 19.7 Å². The summed E-state index contributed by atoms with van der Waals surface area (Å²) in [6.45, 7) is 0. The predicted octanol–water partition coefficient (Wildman–Crippen LogP) is 1.57. The van der Waals surface area contributed by atoms with Crippen LogP contribution >= 0.6 is 0 Å². The smallest absolute Gasteiger partial charge is 0.269 e. The maximum absolute atomic E-state index is 11.3. The van der Waals surface area contributed by atoms with E-state index in [9.17, 15) is 19.7 Å². The zero-order valence-electron chi connectivity index (χ0n) is 10.5. The number of nitrogens with one attached hydrogen (secondary N) is 1. The molecule has 0 bridgehead atoms. The number of non-ortho nitro benzene ring substituents is 1. The summed E-state index contributed by atoms with van der Waals surface area (Å²) < 4.78 is 5.01. The van der Waals surface area contributed by atoms with Crippen LogP contribution < -0.4 is 5.32 Å². The summed E-state index contributed by atoms with van der Waals surface area (Å²) in [6.07, 6.45) is 2.22. The predicted molar refractivity (Wildman–Crippen MR) is 69.9 cm³/mol. The Hall–Kier alpha value is -2.96. The largest absolute Gasteiger partial charge is 0.494 e. The Morgan fingerprint density at radius 2 is 1.70 bits per heavy atom. The summed E-state index contributed by atoms with van der Waals surface area (Å²) in [5.74, 6) is -1.08. The Balaban J connectivity index is 2.22. The van der Waals surface area contributed by atoms with Crippen LogP contribution in [0.4, 0.5) is 11.4 Å². The number of ketones is 2. The van der Waals surface area contributed by atoms with E-state index >= 15 is 0 Å². The number of nitrogens with zero attached hydrogens (tertiary/aromatic N) is 1. The zero-order valence-corrected chi connectivity index (χ0v) is 10.5. The van der Waals surface area contributed by atoms with Crippen LogP contribution in [0.15, 0.2) is 47.9 Å². The van der Waals surface area contributed by atoms with Crippen LogP contribution in [0.3, 0.4) is 0 Å². The molecule has 0 amide bonds. The lowest BCUT2D eigenvalue weighted by atomic mass is 10.1. The van der Waals surface area contributed by atoms with Gasteiger partial charge in [-0.1, -0.05) is 0 Å². The molecule has 0 aliphatic heterocycles. The van der Waals surface area contributed by atoms with Gasteiger partial charge in [-0.2, -0.15) is 0 Å². The van der Waals surface area contributed by atoms with E-state index in [1.165, 1.54) is 31.4 Å². The summed E-state index contributed by atoms with van der Waals surface area (Å²) in [5, 5.41) is 13.4. The number of ether oxygens (including phenoxy) is 1. The zero-order chi connectivity index (χ0) is 14.7. The van der Waals surface area contributed by atoms with Gasteiger partial charge in [0.15, 0.2) is 0 Å². The lowest BCUT2D eigenvalue weighted by Crippen LogP contribution is -2.19. The first-order chi connectivity index (χ1) is 9.51. The van der Waals surface area contributed by atoms with E-state index in [-0.39, 0.29) is 11.4 Å². The average molecular weight is 274 g/mol. The van der Waals surface area contributed by atoms with Crippen LogP contribution in [-0.4, -0.2) is 23.6 Å². The fraction of sp³-hybridized carbons (Fsp3) is 0.0769. The highest BCUT2D eigenvalue weighted by molar-refractivity contribution is 6.46. The molecule has 0 aromatic heterocycles. The van der Waals surface area contributed by atoms with Gasteiger partial charge in [-0.25, -0.2) is 0 Å². The first-order valence-corrected chi connectivity index (χ1v) is 5.59. The van der Waals surface area contributed by atoms with Gasteiger partial charge < -0.3 is 10.1 Å². The Kier molecular flexibility index (Phi) is 3.60. The molecule has 0 spiro atoms. The molecule has 0 saturated carbocycles. The van der Waals surface area contributed by atoms with Crippen LogP contribution in [0.5, 0.6) is 0 Å². The van der Waals surface area contributed by atoms with Crippen molar-refractivity contribution in [3.63, 3.8) is 0 Å². The summed E-state index contributed by atoms with van der Waals surface area (Å²) in [5.41, 5.74) is 0.819. The van der Waals surface area contributed by atoms with E-state index in [1.54, 1.807) is 0 Å². The second kappa shape index (κ2) is 5.35. The fourth-order valence-electron chi connectivity index (χ4n) is 1.63. The Morgan fingerprint density at radius 3 is 2.25 bits per heavy atom. The van der Waals surface area contributed by atoms with Gasteiger partial charge in [0.1, 0.15) is 5.76 Å². The van der Waals surface area contributed by atoms with Gasteiger partial charge in [0.2, 0.25) is 11.6 Å². The number of methoxy groups -OCH3 is 1. The molecule has 0 radical (unpaired) electrons.